The van der Waals surface area contributed by atoms with Crippen LogP contribution in [0.2, 0.25) is 0 Å². The average molecular weight is 2320 g/mol. The molecule has 1 amide bonds. The number of ketones is 1. The van der Waals surface area contributed by atoms with Gasteiger partial charge in [-0.3, -0.25) is 38.7 Å². The molecule has 17 heterocycles. The molecule has 0 aliphatic carbocycles. The van der Waals surface area contributed by atoms with Gasteiger partial charge in [0.1, 0.15) is 0 Å². The number of carboxylic acid groups (broad SMARTS) is 2. The summed E-state index contributed by atoms with van der Waals surface area (Å²) in [6.45, 7) is 51.9. The maximum Gasteiger partial charge on any atom is 1.00 e. The standard InChI is InChI=1S/C24H29BrN4O2.C19H25BrN2O2.C19H23BrN2O2.C16H19BrN2O2.C14H14BrNO3.C8H12N2O.C4H9N.C2H4O2.CH4.B.2Na.H2O.H/c1-14-9-15(2)27-24(31)21(14)12-26-23(30)20-11-19-10-18(25)13-29(19)22(16(20)3)17(4)28-7-5-6-8-28;2*1-12(2)24-19(23)17-10-16-9-15(20)11-22(16)18(13(17)3)14(4)21-7-5-6-8-21;1-10-14(16(20)21)8-13-7-12(17)9-19(13)15(10)11(2)18-5-3-4-6-18;1-4-19-14(18)12-6-11-5-10(15)7-16(11)13(8(12)2)9(3)17;1-5-3-6(2)10-8(11)7(5)4-9;1-2-4-5-3-1;1-2(3)4;;;;;;/h9-11,13,17H,5-8,12H2,1-4H3,(H,26,30)(H,27,31);9-12,14H,5-8H2,1-4H3;9-12H,4-8H2,1-3H3;7-9,11H,3-6H2,1-2H3,(H,20,21);5-7H,4H2,1-3H3;3H,4,9H2,1-2H3,(H,10,11);5H,1-4H2;1H3,(H,3,4);1H4;;;;1H2;/q;;;;;;;;;;2*+1;;-1/p-1. The second kappa shape index (κ2) is 58.2. The van der Waals surface area contributed by atoms with Crippen molar-refractivity contribution in [3.63, 3.8) is 0 Å². The molecule has 3 unspecified atom stereocenters. The Kier molecular flexibility index (Phi) is 51.1. The molecule has 12 aromatic heterocycles. The number of fused-ring (bicyclic) bond motifs is 5. The summed E-state index contributed by atoms with van der Waals surface area (Å²) < 4.78 is 31.1. The molecule has 769 valence electrons. The second-order valence-electron chi connectivity index (χ2n) is 36.7. The van der Waals surface area contributed by atoms with Gasteiger partial charge in [0.2, 0.25) is 0 Å². The minimum Gasteiger partial charge on any atom is -1.00 e. The summed E-state index contributed by atoms with van der Waals surface area (Å²) in [6, 6.07) is 23.7. The van der Waals surface area contributed by atoms with Gasteiger partial charge in [0.05, 0.1) is 58.2 Å². The van der Waals surface area contributed by atoms with Crippen LogP contribution >= 0.6 is 79.6 Å². The Labute approximate surface area is 935 Å². The van der Waals surface area contributed by atoms with Crippen molar-refractivity contribution in [2.24, 2.45) is 5.73 Å². The number of aromatic nitrogens is 7. The van der Waals surface area contributed by atoms with Crippen LogP contribution in [0.25, 0.3) is 33.3 Å². The molecule has 144 heavy (non-hydrogen) atoms. The zero-order valence-electron chi connectivity index (χ0n) is 87.5. The molecule has 29 nitrogen and oxygen atoms in total. The van der Waals surface area contributed by atoms with Crippen LogP contribution < -0.4 is 86.6 Å². The Morgan fingerprint density at radius 1 is 0.451 bits per heavy atom. The molecule has 0 aromatic carbocycles. The van der Waals surface area contributed by atoms with E-state index in [-0.39, 0.29) is 153 Å². The number of aromatic carboxylic acids is 1. The van der Waals surface area contributed by atoms with E-state index in [0.29, 0.717) is 63.4 Å². The number of rotatable bonds is 20. The number of likely N-dealkylation sites (tertiary alicyclic amines) is 4. The third kappa shape index (κ3) is 32.3. The van der Waals surface area contributed by atoms with E-state index in [9.17, 15) is 43.5 Å². The van der Waals surface area contributed by atoms with Crippen molar-refractivity contribution in [2.75, 3.05) is 72.1 Å². The molecule has 0 saturated carbocycles. The first-order chi connectivity index (χ1) is 65.8. The van der Waals surface area contributed by atoms with Crippen molar-refractivity contribution in [1.29, 1.82) is 0 Å². The number of H-pyrrole nitrogens is 2. The first-order valence-corrected chi connectivity index (χ1v) is 51.6. The number of nitrogens with one attached hydrogen (secondary N) is 4. The van der Waals surface area contributed by atoms with Gasteiger partial charge >= 0.3 is 83.0 Å². The van der Waals surface area contributed by atoms with Gasteiger partial charge in [0, 0.05) is 193 Å². The number of halogens is 5. The molecular weight excluding hydrogens is 2180 g/mol. The summed E-state index contributed by atoms with van der Waals surface area (Å²) in [6.07, 6.45) is 22.3. The first-order valence-electron chi connectivity index (χ1n) is 47.7. The number of carbonyl (C=O) groups is 7. The SMILES string of the molecule is C.C1CCNC1.C=C(c1c(C)c(C(=O)OC(C)C)cc2cc(Br)cn12)N1CCCC1.CC(=O)O.CCOC(=O)c1cc2cc(Br)cn2c(C(C)=O)c1C.Cc1c(C(=O)O)cc2cc(Br)cn2c1C(C)N1CCCC1.Cc1c(C(=O)OC(C)C)cc2cc(Br)cn2c1C(C)N1CCCC1.Cc1cc(C)c(CN)c(=O)[nH]1.Cc1cc(C)c(CNC(=O)c2cc3cc(Br)cn3c(C(C)N3CCCC3)c2C)c(=O)[nH]1.[B].[H-].[Na+].[Na+].[OH-]. The predicted octanol–water partition coefficient (Wildman–Crippen LogP) is 16.1. The van der Waals surface area contributed by atoms with E-state index in [0.717, 1.165) is 177 Å². The second-order valence-corrected chi connectivity index (χ2v) is 41.2. The molecule has 5 saturated heterocycles. The number of carboxylic acids is 2. The molecule has 3 atom stereocenters. The van der Waals surface area contributed by atoms with Gasteiger partial charge in [0.25, 0.3) is 23.0 Å². The number of aryl methyl sites for hydroxylation is 4. The number of hydrogen-bond acceptors (Lipinski definition) is 19. The Bertz CT molecular complexity index is 6630. The number of aliphatic carboxylic acids is 1. The zero-order valence-corrected chi connectivity index (χ0v) is 98.4. The molecule has 5 aliphatic heterocycles. The van der Waals surface area contributed by atoms with Crippen LogP contribution in [0, 0.1) is 62.3 Å². The summed E-state index contributed by atoms with van der Waals surface area (Å²) in [5, 5.41) is 23.1. The smallest absolute Gasteiger partial charge is 1.00 e. The van der Waals surface area contributed by atoms with Crippen molar-refractivity contribution >= 4 is 163 Å². The van der Waals surface area contributed by atoms with E-state index in [4.69, 9.17) is 29.8 Å². The van der Waals surface area contributed by atoms with E-state index in [1.54, 1.807) is 30.4 Å². The fourth-order valence-electron chi connectivity index (χ4n) is 19.0. The molecule has 5 aliphatic rings. The molecule has 17 rings (SSSR count). The van der Waals surface area contributed by atoms with Crippen LogP contribution in [-0.4, -0.2) is 201 Å². The van der Waals surface area contributed by atoms with Gasteiger partial charge < -0.3 is 84.6 Å². The normalized spacial score (nSPS) is 14.3. The zero-order chi connectivity index (χ0) is 102. The number of hydrogen-bond donors (Lipinski definition) is 7. The average Bonchev–Trinajstić information content (AvgIpc) is 1.66. The van der Waals surface area contributed by atoms with Crippen LogP contribution in [0.3, 0.4) is 0 Å². The molecule has 5 fully saturated rings. The molecule has 0 bridgehead atoms. The largest absolute Gasteiger partial charge is 1.00 e. The third-order valence-corrected chi connectivity index (χ3v) is 27.9. The fourth-order valence-corrected chi connectivity index (χ4v) is 21.2. The number of amides is 1. The number of pyridine rings is 7. The summed E-state index contributed by atoms with van der Waals surface area (Å²) in [5.41, 5.74) is 27.7. The number of ether oxygens (including phenoxy) is 3. The van der Waals surface area contributed by atoms with E-state index in [1.807, 2.05) is 162 Å². The summed E-state index contributed by atoms with van der Waals surface area (Å²) >= 11 is 17.6. The van der Waals surface area contributed by atoms with Crippen molar-refractivity contribution in [3.8, 4) is 0 Å². The molecule has 12 aromatic rings. The van der Waals surface area contributed by atoms with Gasteiger partial charge in [-0.05, 0) is 426 Å². The Morgan fingerprint density at radius 2 is 0.757 bits per heavy atom. The quantitative estimate of drug-likeness (QED) is 0.0161. The van der Waals surface area contributed by atoms with Crippen LogP contribution in [0.5, 0.6) is 0 Å². The van der Waals surface area contributed by atoms with Gasteiger partial charge in [0.15, 0.2) is 5.78 Å². The number of nitrogens with zero attached hydrogens (tertiary/aromatic N) is 9. The maximum atomic E-state index is 13.2. The Balaban J connectivity index is 0.000000359. The van der Waals surface area contributed by atoms with Crippen LogP contribution in [0.15, 0.2) is 142 Å². The summed E-state index contributed by atoms with van der Waals surface area (Å²) in [4.78, 5) is 121. The molecule has 3 radical (unpaired) electrons. The van der Waals surface area contributed by atoms with Crippen LogP contribution in [0.4, 0.5) is 0 Å². The van der Waals surface area contributed by atoms with E-state index < -0.39 is 17.9 Å². The monoisotopic (exact) mass is 2310 g/mol. The summed E-state index contributed by atoms with van der Waals surface area (Å²) in [5.74, 6) is -2.86. The van der Waals surface area contributed by atoms with Gasteiger partial charge in [-0.2, -0.15) is 0 Å². The van der Waals surface area contributed by atoms with E-state index in [2.05, 4.69) is 177 Å². The van der Waals surface area contributed by atoms with Crippen molar-refractivity contribution < 1.29 is 124 Å². The summed E-state index contributed by atoms with van der Waals surface area (Å²) in [7, 11) is 0. The number of Topliss-reactive ketones (excluding diaryl/α,β-unsaturated/α-hetero) is 1. The van der Waals surface area contributed by atoms with E-state index >= 15 is 0 Å². The minimum absolute atomic E-state index is 0. The van der Waals surface area contributed by atoms with Crippen LogP contribution in [0.1, 0.15) is 307 Å². The van der Waals surface area contributed by atoms with Gasteiger partial charge in [-0.15, -0.1) is 0 Å². The molecule has 37 heteroatoms. The fraction of sp³-hybridized carbons (Fsp3) is 0.449. The predicted molar refractivity (Wildman–Crippen MR) is 584 cm³/mol. The number of aromatic amines is 2. The molecule has 0 spiro atoms. The van der Waals surface area contributed by atoms with E-state index in [1.165, 1.54) is 89.9 Å². The molecular formula is C107H141BBr5N14Na2O15. The van der Waals surface area contributed by atoms with Gasteiger partial charge in [-0.25, -0.2) is 19.2 Å². The van der Waals surface area contributed by atoms with Crippen molar-refractivity contribution in [3.05, 3.63) is 271 Å². The Morgan fingerprint density at radius 3 is 1.09 bits per heavy atom. The topological polar surface area (TPSA) is 368 Å². The number of nitrogens with two attached hydrogens (primary N) is 1. The Hall–Kier alpha value is -8.05. The van der Waals surface area contributed by atoms with Gasteiger partial charge in [-0.1, -0.05) is 14.0 Å². The molecule has 9 N–H and O–H groups in total. The third-order valence-electron chi connectivity index (χ3n) is 25.7. The first kappa shape index (κ1) is 126. The maximum absolute atomic E-state index is 13.2. The van der Waals surface area contributed by atoms with Crippen molar-refractivity contribution in [2.45, 2.75) is 247 Å². The van der Waals surface area contributed by atoms with Crippen LogP contribution in [-0.2, 0) is 32.1 Å². The number of esters is 3. The minimum atomic E-state index is -0.859. The van der Waals surface area contributed by atoms with Crippen molar-refractivity contribution in [1.82, 2.24) is 62.2 Å². The number of carbonyl (C=O) groups excluding carboxylic acids is 5.